The first-order valence-corrected chi connectivity index (χ1v) is 4.77. The summed E-state index contributed by atoms with van der Waals surface area (Å²) in [5.41, 5.74) is 2.91. The Kier molecular flexibility index (Phi) is 2.75. The van der Waals surface area contributed by atoms with Crippen molar-refractivity contribution in [2.45, 2.75) is 6.42 Å². The maximum atomic E-state index is 8.66. The molecule has 0 aliphatic heterocycles. The van der Waals surface area contributed by atoms with Crippen LogP contribution in [0.15, 0.2) is 48.7 Å². The third-order valence-electron chi connectivity index (χ3n) is 2.19. The molecule has 0 N–H and O–H groups in total. The molecule has 2 rings (SSSR count). The van der Waals surface area contributed by atoms with Gasteiger partial charge in [0.25, 0.3) is 0 Å². The zero-order valence-electron chi connectivity index (χ0n) is 8.22. The molecule has 0 spiro atoms. The topological polar surface area (TPSA) is 36.7 Å². The lowest BCUT2D eigenvalue weighted by Gasteiger charge is -2.00. The number of pyridine rings is 1. The largest absolute Gasteiger partial charge is 0.261 e. The number of benzene rings is 1. The predicted octanol–water partition coefficient (Wildman–Crippen LogP) is 2.54. The van der Waals surface area contributed by atoms with E-state index in [2.05, 4.69) is 11.1 Å². The summed E-state index contributed by atoms with van der Waals surface area (Å²) < 4.78 is 0. The smallest absolute Gasteiger partial charge is 0.0991 e. The third kappa shape index (κ3) is 2.41. The molecule has 0 unspecified atom stereocenters. The molecule has 0 amide bonds. The van der Waals surface area contributed by atoms with Crippen molar-refractivity contribution < 1.29 is 0 Å². The summed E-state index contributed by atoms with van der Waals surface area (Å²) in [4.78, 5) is 4.25. The van der Waals surface area contributed by atoms with Crippen LogP contribution in [0.3, 0.4) is 0 Å². The van der Waals surface area contributed by atoms with Crippen molar-refractivity contribution >= 4 is 0 Å². The summed E-state index contributed by atoms with van der Waals surface area (Å²) in [6.07, 6.45) is 2.60. The minimum atomic E-state index is 0.694. The lowest BCUT2D eigenvalue weighted by Crippen LogP contribution is -1.90. The molecule has 15 heavy (non-hydrogen) atoms. The van der Waals surface area contributed by atoms with Crippen LogP contribution in [0, 0.1) is 11.3 Å². The number of rotatable bonds is 2. The molecule has 2 heteroatoms. The standard InChI is InChI=1S/C13H10N2/c14-10-12-6-4-11(5-7-12)9-13-3-1-2-8-15-13/h1-8H,9H2. The Morgan fingerprint density at radius 3 is 2.47 bits per heavy atom. The van der Waals surface area contributed by atoms with Crippen LogP contribution in [-0.4, -0.2) is 4.98 Å². The van der Waals surface area contributed by atoms with Gasteiger partial charge in [0.05, 0.1) is 11.6 Å². The summed E-state index contributed by atoms with van der Waals surface area (Å²) in [5, 5.41) is 8.66. The minimum absolute atomic E-state index is 0.694. The van der Waals surface area contributed by atoms with Crippen LogP contribution < -0.4 is 0 Å². The van der Waals surface area contributed by atoms with Gasteiger partial charge in [-0.1, -0.05) is 18.2 Å². The Morgan fingerprint density at radius 1 is 1.07 bits per heavy atom. The fourth-order valence-electron chi connectivity index (χ4n) is 1.41. The van der Waals surface area contributed by atoms with Crippen molar-refractivity contribution in [3.05, 3.63) is 65.5 Å². The van der Waals surface area contributed by atoms with Crippen LogP contribution in [0.4, 0.5) is 0 Å². The molecule has 0 saturated carbocycles. The average molecular weight is 194 g/mol. The van der Waals surface area contributed by atoms with Gasteiger partial charge in [-0.15, -0.1) is 0 Å². The quantitative estimate of drug-likeness (QED) is 0.736. The van der Waals surface area contributed by atoms with Gasteiger partial charge in [0.2, 0.25) is 0 Å². The van der Waals surface area contributed by atoms with Gasteiger partial charge in [0.15, 0.2) is 0 Å². The van der Waals surface area contributed by atoms with E-state index >= 15 is 0 Å². The highest BCUT2D eigenvalue weighted by Crippen LogP contribution is 2.08. The van der Waals surface area contributed by atoms with Crippen LogP contribution in [0.5, 0.6) is 0 Å². The highest BCUT2D eigenvalue weighted by Gasteiger charge is 1.96. The van der Waals surface area contributed by atoms with Gasteiger partial charge in [-0.05, 0) is 29.8 Å². The van der Waals surface area contributed by atoms with Gasteiger partial charge in [-0.3, -0.25) is 4.98 Å². The maximum Gasteiger partial charge on any atom is 0.0991 e. The highest BCUT2D eigenvalue weighted by atomic mass is 14.7. The van der Waals surface area contributed by atoms with E-state index < -0.39 is 0 Å². The molecule has 0 saturated heterocycles. The summed E-state index contributed by atoms with van der Waals surface area (Å²) in [7, 11) is 0. The Morgan fingerprint density at radius 2 is 1.87 bits per heavy atom. The normalized spacial score (nSPS) is 9.53. The fraction of sp³-hybridized carbons (Fsp3) is 0.0769. The van der Waals surface area contributed by atoms with Gasteiger partial charge in [0.1, 0.15) is 0 Å². The highest BCUT2D eigenvalue weighted by molar-refractivity contribution is 5.33. The minimum Gasteiger partial charge on any atom is -0.261 e. The van der Waals surface area contributed by atoms with Crippen molar-refractivity contribution in [1.82, 2.24) is 4.98 Å². The van der Waals surface area contributed by atoms with Crippen molar-refractivity contribution in [1.29, 1.82) is 5.26 Å². The van der Waals surface area contributed by atoms with Gasteiger partial charge in [-0.2, -0.15) is 5.26 Å². The van der Waals surface area contributed by atoms with E-state index in [-0.39, 0.29) is 0 Å². The van der Waals surface area contributed by atoms with Crippen molar-refractivity contribution in [2.24, 2.45) is 0 Å². The van der Waals surface area contributed by atoms with E-state index in [1.165, 1.54) is 5.56 Å². The lowest BCUT2D eigenvalue weighted by molar-refractivity contribution is 1.07. The van der Waals surface area contributed by atoms with E-state index in [1.807, 2.05) is 42.5 Å². The van der Waals surface area contributed by atoms with Crippen LogP contribution in [0.25, 0.3) is 0 Å². The summed E-state index contributed by atoms with van der Waals surface area (Å²) in [5.74, 6) is 0. The van der Waals surface area contributed by atoms with E-state index in [1.54, 1.807) is 6.20 Å². The molecule has 0 bridgehead atoms. The molecule has 0 atom stereocenters. The maximum absolute atomic E-state index is 8.66. The number of aromatic nitrogens is 1. The zero-order valence-corrected chi connectivity index (χ0v) is 8.22. The molecular weight excluding hydrogens is 184 g/mol. The lowest BCUT2D eigenvalue weighted by atomic mass is 10.1. The molecule has 1 aromatic heterocycles. The first-order valence-electron chi connectivity index (χ1n) is 4.77. The van der Waals surface area contributed by atoms with Crippen molar-refractivity contribution in [2.75, 3.05) is 0 Å². The summed E-state index contributed by atoms with van der Waals surface area (Å²) >= 11 is 0. The van der Waals surface area contributed by atoms with E-state index in [0.717, 1.165) is 12.1 Å². The molecule has 1 heterocycles. The Hall–Kier alpha value is -2.14. The third-order valence-corrected chi connectivity index (χ3v) is 2.19. The van der Waals surface area contributed by atoms with E-state index in [9.17, 15) is 0 Å². The molecule has 2 aromatic rings. The second-order valence-corrected chi connectivity index (χ2v) is 3.31. The SMILES string of the molecule is N#Cc1ccc(Cc2ccccn2)cc1. The monoisotopic (exact) mass is 194 g/mol. The second-order valence-electron chi connectivity index (χ2n) is 3.31. The van der Waals surface area contributed by atoms with E-state index in [0.29, 0.717) is 5.56 Å². The number of nitrogens with zero attached hydrogens (tertiary/aromatic N) is 2. The summed E-state index contributed by atoms with van der Waals surface area (Å²) in [6.45, 7) is 0. The van der Waals surface area contributed by atoms with Gasteiger partial charge in [0, 0.05) is 18.3 Å². The first-order chi connectivity index (χ1) is 7.38. The predicted molar refractivity (Wildman–Crippen MR) is 58.2 cm³/mol. The second kappa shape index (κ2) is 4.39. The van der Waals surface area contributed by atoms with Crippen molar-refractivity contribution in [3.63, 3.8) is 0 Å². The Balaban J connectivity index is 2.16. The number of nitriles is 1. The van der Waals surface area contributed by atoms with Crippen LogP contribution in [-0.2, 0) is 6.42 Å². The zero-order chi connectivity index (χ0) is 10.5. The Labute approximate surface area is 88.8 Å². The molecule has 0 radical (unpaired) electrons. The van der Waals surface area contributed by atoms with Crippen LogP contribution in [0.2, 0.25) is 0 Å². The molecule has 0 aliphatic carbocycles. The molecule has 2 nitrogen and oxygen atoms in total. The molecule has 0 aliphatic rings. The van der Waals surface area contributed by atoms with Crippen LogP contribution in [0.1, 0.15) is 16.8 Å². The molecule has 1 aromatic carbocycles. The van der Waals surface area contributed by atoms with Crippen LogP contribution >= 0.6 is 0 Å². The van der Waals surface area contributed by atoms with Gasteiger partial charge < -0.3 is 0 Å². The van der Waals surface area contributed by atoms with Gasteiger partial charge >= 0.3 is 0 Å². The Bertz CT molecular complexity index is 466. The molecule has 72 valence electrons. The van der Waals surface area contributed by atoms with Crippen molar-refractivity contribution in [3.8, 4) is 6.07 Å². The van der Waals surface area contributed by atoms with E-state index in [4.69, 9.17) is 5.26 Å². The average Bonchev–Trinajstić information content (AvgIpc) is 2.31. The number of hydrogen-bond donors (Lipinski definition) is 0. The molecular formula is C13H10N2. The fourth-order valence-corrected chi connectivity index (χ4v) is 1.41. The summed E-state index contributed by atoms with van der Waals surface area (Å²) in [6, 6.07) is 15.6. The first kappa shape index (κ1) is 9.42. The van der Waals surface area contributed by atoms with Gasteiger partial charge in [-0.25, -0.2) is 0 Å². The number of hydrogen-bond acceptors (Lipinski definition) is 2. The molecule has 0 fully saturated rings.